The molecule has 3 heteroatoms. The van der Waals surface area contributed by atoms with E-state index in [4.69, 9.17) is 0 Å². The zero-order valence-corrected chi connectivity index (χ0v) is 10.9. The standard InChI is InChI=1S/C14H21FN2/c1-14(2)6-7-17(10-14)13-5-4-12(15)8-11(13)9-16-3/h4-5,8,16H,6-7,9-10H2,1-3H3. The maximum atomic E-state index is 13.3. The molecule has 0 aliphatic carbocycles. The number of anilines is 1. The van der Waals surface area contributed by atoms with E-state index < -0.39 is 0 Å². The van der Waals surface area contributed by atoms with Crippen LogP contribution >= 0.6 is 0 Å². The van der Waals surface area contributed by atoms with E-state index in [-0.39, 0.29) is 5.82 Å². The molecule has 0 saturated carbocycles. The van der Waals surface area contributed by atoms with Crippen LogP contribution in [0.2, 0.25) is 0 Å². The van der Waals surface area contributed by atoms with Crippen molar-refractivity contribution in [1.82, 2.24) is 5.32 Å². The van der Waals surface area contributed by atoms with Crippen molar-refractivity contribution >= 4 is 5.69 Å². The largest absolute Gasteiger partial charge is 0.371 e. The molecule has 94 valence electrons. The fourth-order valence-electron chi connectivity index (χ4n) is 2.51. The monoisotopic (exact) mass is 236 g/mol. The summed E-state index contributed by atoms with van der Waals surface area (Å²) in [6.07, 6.45) is 1.20. The zero-order valence-electron chi connectivity index (χ0n) is 10.9. The third-order valence-corrected chi connectivity index (χ3v) is 3.43. The molecule has 1 aromatic rings. The van der Waals surface area contributed by atoms with Crippen molar-refractivity contribution in [1.29, 1.82) is 0 Å². The molecule has 0 atom stereocenters. The van der Waals surface area contributed by atoms with E-state index in [1.807, 2.05) is 13.1 Å². The first-order valence-corrected chi connectivity index (χ1v) is 6.20. The van der Waals surface area contributed by atoms with Gasteiger partial charge in [-0.15, -0.1) is 0 Å². The molecule has 0 bridgehead atoms. The summed E-state index contributed by atoms with van der Waals surface area (Å²) in [5.41, 5.74) is 2.59. The molecular formula is C14H21FN2. The Morgan fingerprint density at radius 1 is 1.41 bits per heavy atom. The highest BCUT2D eigenvalue weighted by molar-refractivity contribution is 5.55. The number of nitrogens with zero attached hydrogens (tertiary/aromatic N) is 1. The van der Waals surface area contributed by atoms with E-state index in [9.17, 15) is 4.39 Å². The van der Waals surface area contributed by atoms with E-state index in [0.717, 1.165) is 18.7 Å². The van der Waals surface area contributed by atoms with Gasteiger partial charge in [-0.1, -0.05) is 13.8 Å². The minimum absolute atomic E-state index is 0.155. The van der Waals surface area contributed by atoms with Gasteiger partial charge in [0.25, 0.3) is 0 Å². The number of rotatable bonds is 3. The van der Waals surface area contributed by atoms with E-state index in [0.29, 0.717) is 12.0 Å². The smallest absolute Gasteiger partial charge is 0.123 e. The van der Waals surface area contributed by atoms with Crippen LogP contribution in [0.3, 0.4) is 0 Å². The van der Waals surface area contributed by atoms with Crippen molar-refractivity contribution in [3.8, 4) is 0 Å². The van der Waals surface area contributed by atoms with Gasteiger partial charge in [0, 0.05) is 25.3 Å². The minimum Gasteiger partial charge on any atom is -0.371 e. The van der Waals surface area contributed by atoms with Gasteiger partial charge < -0.3 is 10.2 Å². The third kappa shape index (κ3) is 2.78. The SMILES string of the molecule is CNCc1cc(F)ccc1N1CCC(C)(C)C1. The first-order chi connectivity index (χ1) is 8.02. The van der Waals surface area contributed by atoms with Crippen LogP contribution in [-0.4, -0.2) is 20.1 Å². The van der Waals surface area contributed by atoms with Crippen molar-refractivity contribution in [3.05, 3.63) is 29.6 Å². The number of halogens is 1. The molecule has 1 N–H and O–H groups in total. The Morgan fingerprint density at radius 3 is 2.76 bits per heavy atom. The molecule has 1 aliphatic rings. The Hall–Kier alpha value is -1.09. The van der Waals surface area contributed by atoms with E-state index in [1.165, 1.54) is 12.1 Å². The second kappa shape index (κ2) is 4.65. The summed E-state index contributed by atoms with van der Waals surface area (Å²) in [4.78, 5) is 2.37. The summed E-state index contributed by atoms with van der Waals surface area (Å²) in [6.45, 7) is 7.40. The predicted octanol–water partition coefficient (Wildman–Crippen LogP) is 2.78. The highest BCUT2D eigenvalue weighted by Gasteiger charge is 2.30. The molecular weight excluding hydrogens is 215 g/mol. The van der Waals surface area contributed by atoms with Gasteiger partial charge in [0.15, 0.2) is 0 Å². The minimum atomic E-state index is -0.155. The first-order valence-electron chi connectivity index (χ1n) is 6.20. The van der Waals surface area contributed by atoms with Crippen LogP contribution in [0.1, 0.15) is 25.8 Å². The van der Waals surface area contributed by atoms with Crippen LogP contribution in [0.25, 0.3) is 0 Å². The molecule has 0 radical (unpaired) electrons. The maximum Gasteiger partial charge on any atom is 0.123 e. The number of benzene rings is 1. The molecule has 1 fully saturated rings. The molecule has 2 nitrogen and oxygen atoms in total. The normalized spacial score (nSPS) is 18.7. The maximum absolute atomic E-state index is 13.3. The van der Waals surface area contributed by atoms with Crippen LogP contribution in [0.4, 0.5) is 10.1 Å². The Labute approximate surface area is 103 Å². The Balaban J connectivity index is 2.26. The van der Waals surface area contributed by atoms with Crippen molar-refractivity contribution in [3.63, 3.8) is 0 Å². The Morgan fingerprint density at radius 2 is 2.18 bits per heavy atom. The van der Waals surface area contributed by atoms with Crippen LogP contribution in [0.5, 0.6) is 0 Å². The van der Waals surface area contributed by atoms with Crippen molar-refractivity contribution in [2.24, 2.45) is 5.41 Å². The molecule has 1 aliphatic heterocycles. The van der Waals surface area contributed by atoms with E-state index >= 15 is 0 Å². The molecule has 2 rings (SSSR count). The Kier molecular flexibility index (Phi) is 3.38. The lowest BCUT2D eigenvalue weighted by Gasteiger charge is -2.24. The fraction of sp³-hybridized carbons (Fsp3) is 0.571. The summed E-state index contributed by atoms with van der Waals surface area (Å²) in [6, 6.07) is 5.10. The molecule has 0 aromatic heterocycles. The second-order valence-electron chi connectivity index (χ2n) is 5.64. The molecule has 0 unspecified atom stereocenters. The van der Waals surface area contributed by atoms with Gasteiger partial charge in [-0.2, -0.15) is 0 Å². The average Bonchev–Trinajstić information content (AvgIpc) is 2.59. The summed E-state index contributed by atoms with van der Waals surface area (Å²) in [5, 5.41) is 3.10. The lowest BCUT2D eigenvalue weighted by Crippen LogP contribution is -2.24. The van der Waals surface area contributed by atoms with Gasteiger partial charge in [-0.3, -0.25) is 0 Å². The molecule has 17 heavy (non-hydrogen) atoms. The topological polar surface area (TPSA) is 15.3 Å². The van der Waals surface area contributed by atoms with Crippen LogP contribution in [-0.2, 0) is 6.54 Å². The van der Waals surface area contributed by atoms with E-state index in [1.54, 1.807) is 12.1 Å². The van der Waals surface area contributed by atoms with Gasteiger partial charge in [0.2, 0.25) is 0 Å². The summed E-state index contributed by atoms with van der Waals surface area (Å²) < 4.78 is 13.3. The molecule has 1 saturated heterocycles. The summed E-state index contributed by atoms with van der Waals surface area (Å²) >= 11 is 0. The Bertz CT molecular complexity index is 401. The molecule has 0 spiro atoms. The summed E-state index contributed by atoms with van der Waals surface area (Å²) in [7, 11) is 1.89. The van der Waals surface area contributed by atoms with Gasteiger partial charge in [-0.05, 0) is 42.6 Å². The fourth-order valence-corrected chi connectivity index (χ4v) is 2.51. The molecule has 0 amide bonds. The molecule has 1 aromatic carbocycles. The molecule has 1 heterocycles. The van der Waals surface area contributed by atoms with Gasteiger partial charge in [-0.25, -0.2) is 4.39 Å². The van der Waals surface area contributed by atoms with Crippen LogP contribution < -0.4 is 10.2 Å². The van der Waals surface area contributed by atoms with Gasteiger partial charge in [0.1, 0.15) is 5.82 Å². The van der Waals surface area contributed by atoms with Crippen molar-refractivity contribution in [2.75, 3.05) is 25.0 Å². The average molecular weight is 236 g/mol. The number of hydrogen-bond donors (Lipinski definition) is 1. The highest BCUT2D eigenvalue weighted by atomic mass is 19.1. The van der Waals surface area contributed by atoms with Crippen LogP contribution in [0.15, 0.2) is 18.2 Å². The van der Waals surface area contributed by atoms with Crippen LogP contribution in [0, 0.1) is 11.2 Å². The highest BCUT2D eigenvalue weighted by Crippen LogP contribution is 2.34. The number of hydrogen-bond acceptors (Lipinski definition) is 2. The van der Waals surface area contributed by atoms with E-state index in [2.05, 4.69) is 24.1 Å². The summed E-state index contributed by atoms with van der Waals surface area (Å²) in [5.74, 6) is -0.155. The quantitative estimate of drug-likeness (QED) is 0.868. The zero-order chi connectivity index (χ0) is 12.5. The predicted molar refractivity (Wildman–Crippen MR) is 69.8 cm³/mol. The van der Waals surface area contributed by atoms with Crippen molar-refractivity contribution < 1.29 is 4.39 Å². The number of nitrogens with one attached hydrogen (secondary N) is 1. The third-order valence-electron chi connectivity index (χ3n) is 3.43. The lowest BCUT2D eigenvalue weighted by molar-refractivity contribution is 0.418. The van der Waals surface area contributed by atoms with Gasteiger partial charge in [0.05, 0.1) is 0 Å². The first kappa shape index (κ1) is 12.4. The second-order valence-corrected chi connectivity index (χ2v) is 5.64. The van der Waals surface area contributed by atoms with Crippen molar-refractivity contribution in [2.45, 2.75) is 26.8 Å². The van der Waals surface area contributed by atoms with Gasteiger partial charge >= 0.3 is 0 Å². The lowest BCUT2D eigenvalue weighted by atomic mass is 9.93.